The molecule has 0 aliphatic heterocycles. The summed E-state index contributed by atoms with van der Waals surface area (Å²) in [5, 5.41) is 2.56. The summed E-state index contributed by atoms with van der Waals surface area (Å²) >= 11 is 1.48. The first-order valence-electron chi connectivity index (χ1n) is 6.36. The molecule has 0 atom stereocenters. The minimum absolute atomic E-state index is 0.0104. The first-order valence-corrected chi connectivity index (χ1v) is 7.24. The average Bonchev–Trinajstić information content (AvgIpc) is 2.93. The Balaban J connectivity index is 1.69. The van der Waals surface area contributed by atoms with Gasteiger partial charge in [0.1, 0.15) is 17.2 Å². The van der Waals surface area contributed by atoms with E-state index in [-0.39, 0.29) is 5.56 Å². The number of fused-ring (bicyclic) bond motifs is 1. The Labute approximate surface area is 120 Å². The summed E-state index contributed by atoms with van der Waals surface area (Å²) < 4.78 is 7.22. The third kappa shape index (κ3) is 2.58. The predicted molar refractivity (Wildman–Crippen MR) is 80.6 cm³/mol. The Morgan fingerprint density at radius 3 is 2.85 bits per heavy atom. The van der Waals surface area contributed by atoms with E-state index in [1.54, 1.807) is 10.9 Å². The van der Waals surface area contributed by atoms with Crippen LogP contribution in [0.3, 0.4) is 0 Å². The average molecular weight is 286 g/mol. The van der Waals surface area contributed by atoms with Crippen molar-refractivity contribution in [1.82, 2.24) is 9.55 Å². The van der Waals surface area contributed by atoms with E-state index in [1.165, 1.54) is 16.9 Å². The van der Waals surface area contributed by atoms with Crippen LogP contribution in [-0.4, -0.2) is 16.2 Å². The van der Waals surface area contributed by atoms with Crippen molar-refractivity contribution in [1.29, 1.82) is 0 Å². The first-order chi connectivity index (χ1) is 9.74. The number of hydrogen-bond donors (Lipinski definition) is 0. The number of rotatable bonds is 4. The molecule has 3 rings (SSSR count). The van der Waals surface area contributed by atoms with E-state index < -0.39 is 0 Å². The van der Waals surface area contributed by atoms with Crippen LogP contribution in [0.15, 0.2) is 46.8 Å². The van der Waals surface area contributed by atoms with Crippen molar-refractivity contribution >= 4 is 21.6 Å². The molecule has 5 heteroatoms. The lowest BCUT2D eigenvalue weighted by Gasteiger charge is -2.08. The lowest BCUT2D eigenvalue weighted by molar-refractivity contribution is 0.296. The normalized spacial score (nSPS) is 10.8. The zero-order chi connectivity index (χ0) is 13.9. The molecule has 4 nitrogen and oxygen atoms in total. The van der Waals surface area contributed by atoms with E-state index in [9.17, 15) is 4.79 Å². The van der Waals surface area contributed by atoms with E-state index >= 15 is 0 Å². The molecule has 0 aliphatic carbocycles. The third-order valence-corrected chi connectivity index (χ3v) is 3.89. The van der Waals surface area contributed by atoms with E-state index in [1.807, 2.05) is 42.6 Å². The highest BCUT2D eigenvalue weighted by Crippen LogP contribution is 2.13. The van der Waals surface area contributed by atoms with Crippen molar-refractivity contribution in [3.8, 4) is 5.75 Å². The topological polar surface area (TPSA) is 44.1 Å². The van der Waals surface area contributed by atoms with Gasteiger partial charge in [0, 0.05) is 0 Å². The van der Waals surface area contributed by atoms with Gasteiger partial charge in [-0.2, -0.15) is 0 Å². The number of benzene rings is 1. The fourth-order valence-electron chi connectivity index (χ4n) is 1.95. The lowest BCUT2D eigenvalue weighted by Crippen LogP contribution is -2.23. The second-order valence-corrected chi connectivity index (χ2v) is 5.44. The summed E-state index contributed by atoms with van der Waals surface area (Å²) in [4.78, 5) is 17.2. The van der Waals surface area contributed by atoms with Crippen molar-refractivity contribution in [3.63, 3.8) is 0 Å². The molecule has 0 amide bonds. The molecule has 2 heterocycles. The molecular weight excluding hydrogens is 272 g/mol. The second-order valence-electron chi connectivity index (χ2n) is 4.54. The van der Waals surface area contributed by atoms with Crippen LogP contribution in [0.1, 0.15) is 5.56 Å². The van der Waals surface area contributed by atoms with Gasteiger partial charge < -0.3 is 4.74 Å². The minimum Gasteiger partial charge on any atom is -0.492 e. The zero-order valence-electron chi connectivity index (χ0n) is 11.1. The minimum atomic E-state index is -0.0104. The Morgan fingerprint density at radius 2 is 2.05 bits per heavy atom. The Kier molecular flexibility index (Phi) is 3.52. The van der Waals surface area contributed by atoms with Gasteiger partial charge in [-0.3, -0.25) is 9.36 Å². The van der Waals surface area contributed by atoms with Gasteiger partial charge in [0.2, 0.25) is 0 Å². The fourth-order valence-corrected chi connectivity index (χ4v) is 2.67. The predicted octanol–water partition coefficient (Wildman–Crippen LogP) is 2.85. The smallest absolute Gasteiger partial charge is 0.262 e. The van der Waals surface area contributed by atoms with Crippen molar-refractivity contribution in [2.75, 3.05) is 6.61 Å². The summed E-state index contributed by atoms with van der Waals surface area (Å²) in [6, 6.07) is 9.67. The molecule has 102 valence electrons. The molecule has 0 radical (unpaired) electrons. The van der Waals surface area contributed by atoms with Crippen LogP contribution < -0.4 is 10.3 Å². The van der Waals surface area contributed by atoms with Crippen LogP contribution in [0.4, 0.5) is 0 Å². The van der Waals surface area contributed by atoms with Crippen LogP contribution in [0, 0.1) is 6.92 Å². The van der Waals surface area contributed by atoms with Crippen molar-refractivity contribution in [2.24, 2.45) is 0 Å². The van der Waals surface area contributed by atoms with Crippen LogP contribution in [-0.2, 0) is 6.54 Å². The number of thiophene rings is 1. The van der Waals surface area contributed by atoms with Crippen LogP contribution in [0.2, 0.25) is 0 Å². The number of hydrogen-bond acceptors (Lipinski definition) is 4. The lowest BCUT2D eigenvalue weighted by atomic mass is 10.2. The van der Waals surface area contributed by atoms with E-state index in [2.05, 4.69) is 4.98 Å². The largest absolute Gasteiger partial charge is 0.492 e. The quantitative estimate of drug-likeness (QED) is 0.741. The highest BCUT2D eigenvalue weighted by Gasteiger charge is 2.04. The molecule has 0 saturated carbocycles. The van der Waals surface area contributed by atoms with E-state index in [0.717, 1.165) is 10.6 Å². The van der Waals surface area contributed by atoms with Crippen molar-refractivity contribution in [2.45, 2.75) is 13.5 Å². The SMILES string of the molecule is Cc1ccc(OCCn2cnc3sccc3c2=O)cc1. The van der Waals surface area contributed by atoms with Crippen LogP contribution in [0.25, 0.3) is 10.2 Å². The zero-order valence-corrected chi connectivity index (χ0v) is 11.9. The van der Waals surface area contributed by atoms with Gasteiger partial charge in [-0.05, 0) is 30.5 Å². The van der Waals surface area contributed by atoms with Gasteiger partial charge in [0.15, 0.2) is 0 Å². The highest BCUT2D eigenvalue weighted by atomic mass is 32.1. The molecule has 0 bridgehead atoms. The van der Waals surface area contributed by atoms with Gasteiger partial charge in [0.25, 0.3) is 5.56 Å². The first kappa shape index (κ1) is 12.9. The molecule has 2 aromatic heterocycles. The van der Waals surface area contributed by atoms with Crippen LogP contribution in [0.5, 0.6) is 5.75 Å². The maximum Gasteiger partial charge on any atom is 0.262 e. The molecule has 3 aromatic rings. The molecule has 0 N–H and O–H groups in total. The summed E-state index contributed by atoms with van der Waals surface area (Å²) in [6.07, 6.45) is 1.58. The Hall–Kier alpha value is -2.14. The Bertz CT molecular complexity index is 774. The molecule has 0 fully saturated rings. The maximum atomic E-state index is 12.2. The van der Waals surface area contributed by atoms with E-state index in [4.69, 9.17) is 4.74 Å². The van der Waals surface area contributed by atoms with Crippen molar-refractivity contribution in [3.05, 3.63) is 58.0 Å². The number of ether oxygens (including phenoxy) is 1. The van der Waals surface area contributed by atoms with E-state index in [0.29, 0.717) is 18.5 Å². The van der Waals surface area contributed by atoms with Gasteiger partial charge in [-0.25, -0.2) is 4.98 Å². The Morgan fingerprint density at radius 1 is 1.25 bits per heavy atom. The monoisotopic (exact) mass is 286 g/mol. The van der Waals surface area contributed by atoms with Gasteiger partial charge in [-0.1, -0.05) is 17.7 Å². The number of nitrogens with zero attached hydrogens (tertiary/aromatic N) is 2. The summed E-state index contributed by atoms with van der Waals surface area (Å²) in [6.45, 7) is 2.97. The third-order valence-electron chi connectivity index (χ3n) is 3.07. The molecule has 20 heavy (non-hydrogen) atoms. The standard InChI is InChI=1S/C15H14N2O2S/c1-11-2-4-12(5-3-11)19-8-7-17-10-16-14-13(15(17)18)6-9-20-14/h2-6,9-10H,7-8H2,1H3. The van der Waals surface area contributed by atoms with Gasteiger partial charge >= 0.3 is 0 Å². The molecule has 0 aliphatic rings. The highest BCUT2D eigenvalue weighted by molar-refractivity contribution is 7.16. The summed E-state index contributed by atoms with van der Waals surface area (Å²) in [5.41, 5.74) is 1.18. The molecule has 1 aromatic carbocycles. The molecule has 0 spiro atoms. The molecule has 0 saturated heterocycles. The molecule has 0 unspecified atom stereocenters. The maximum absolute atomic E-state index is 12.2. The summed E-state index contributed by atoms with van der Waals surface area (Å²) in [5.74, 6) is 0.813. The number of aryl methyl sites for hydroxylation is 1. The van der Waals surface area contributed by atoms with Crippen molar-refractivity contribution < 1.29 is 4.74 Å². The van der Waals surface area contributed by atoms with Gasteiger partial charge in [0.05, 0.1) is 18.3 Å². The summed E-state index contributed by atoms with van der Waals surface area (Å²) in [7, 11) is 0. The second kappa shape index (κ2) is 5.46. The number of aromatic nitrogens is 2. The van der Waals surface area contributed by atoms with Gasteiger partial charge in [-0.15, -0.1) is 11.3 Å². The van der Waals surface area contributed by atoms with Crippen LogP contribution >= 0.6 is 11.3 Å². The fraction of sp³-hybridized carbons (Fsp3) is 0.200. The molecular formula is C15H14N2O2S.